The van der Waals surface area contributed by atoms with Crippen molar-refractivity contribution in [3.63, 3.8) is 0 Å². The molecule has 0 radical (unpaired) electrons. The van der Waals surface area contributed by atoms with E-state index in [0.717, 1.165) is 88.0 Å². The van der Waals surface area contributed by atoms with E-state index in [2.05, 4.69) is 75.3 Å². The van der Waals surface area contributed by atoms with Crippen molar-refractivity contribution in [3.8, 4) is 17.2 Å². The number of rotatable bonds is 16. The molecule has 16 nitrogen and oxygen atoms in total. The minimum Gasteiger partial charge on any atom is -0.497 e. The van der Waals surface area contributed by atoms with Gasteiger partial charge >= 0.3 is 0 Å². The van der Waals surface area contributed by atoms with Crippen LogP contribution in [0.25, 0.3) is 11.0 Å². The van der Waals surface area contributed by atoms with Gasteiger partial charge in [0, 0.05) is 94.8 Å². The van der Waals surface area contributed by atoms with Crippen LogP contribution < -0.4 is 24.4 Å². The summed E-state index contributed by atoms with van der Waals surface area (Å²) in [5.41, 5.74) is 4.29. The third kappa shape index (κ3) is 10.9. The zero-order chi connectivity index (χ0) is 50.9. The molecule has 4 aromatic carbocycles. The van der Waals surface area contributed by atoms with E-state index in [1.54, 1.807) is 25.4 Å². The number of hydrogen-bond acceptors (Lipinski definition) is 13. The van der Waals surface area contributed by atoms with E-state index in [1.807, 2.05) is 21.8 Å². The third-order valence-electron chi connectivity index (χ3n) is 15.5. The Bertz CT molecular complexity index is 3080. The first-order valence-corrected chi connectivity index (χ1v) is 26.8. The minimum atomic E-state index is -4.70. The summed E-state index contributed by atoms with van der Waals surface area (Å²) < 4.78 is 63.3. The quantitative estimate of drug-likeness (QED) is 0.0616. The summed E-state index contributed by atoms with van der Waals surface area (Å²) in [6, 6.07) is 27.3. The predicted molar refractivity (Wildman–Crippen MR) is 277 cm³/mol. The number of H-pyrrole nitrogens is 1. The van der Waals surface area contributed by atoms with Crippen molar-refractivity contribution in [1.29, 1.82) is 0 Å². The Hall–Kier alpha value is -6.60. The van der Waals surface area contributed by atoms with Gasteiger partial charge in [0.15, 0.2) is 0 Å². The number of hydrogen-bond donors (Lipinski definition) is 3. The molecule has 5 heterocycles. The van der Waals surface area contributed by atoms with Crippen LogP contribution in [-0.2, 0) is 21.3 Å². The largest absolute Gasteiger partial charge is 0.497 e. The van der Waals surface area contributed by atoms with E-state index in [-0.39, 0.29) is 45.8 Å². The maximum Gasteiger partial charge on any atom is 0.293 e. The number of ether oxygens (including phenoxy) is 3. The molecule has 384 valence electrons. The number of anilines is 2. The molecule has 0 unspecified atom stereocenters. The molecule has 3 N–H and O–H groups in total. The Balaban J connectivity index is 0.850. The second kappa shape index (κ2) is 21.1. The van der Waals surface area contributed by atoms with Crippen LogP contribution in [0.15, 0.2) is 108 Å². The first kappa shape index (κ1) is 50.0. The molecule has 73 heavy (non-hydrogen) atoms. The number of amides is 1. The van der Waals surface area contributed by atoms with Crippen LogP contribution in [-0.4, -0.2) is 105 Å². The number of halogens is 1. The Morgan fingerprint density at radius 3 is 2.48 bits per heavy atom. The van der Waals surface area contributed by atoms with Crippen molar-refractivity contribution in [1.82, 2.24) is 24.5 Å². The number of benzene rings is 4. The van der Waals surface area contributed by atoms with E-state index < -0.39 is 37.3 Å². The summed E-state index contributed by atoms with van der Waals surface area (Å²) in [7, 11) is -3.01. The number of fused-ring (bicyclic) bond motifs is 1. The molecule has 1 spiro atoms. The second-order valence-electron chi connectivity index (χ2n) is 20.5. The number of methoxy groups -OCH3 is 1. The van der Waals surface area contributed by atoms with Crippen LogP contribution in [0.2, 0.25) is 0 Å². The molecule has 1 amide bonds. The highest BCUT2D eigenvalue weighted by atomic mass is 32.2. The highest BCUT2D eigenvalue weighted by Crippen LogP contribution is 2.53. The van der Waals surface area contributed by atoms with Gasteiger partial charge < -0.3 is 29.4 Å². The van der Waals surface area contributed by atoms with Gasteiger partial charge in [-0.1, -0.05) is 50.2 Å². The van der Waals surface area contributed by atoms with Gasteiger partial charge in [0.25, 0.3) is 21.6 Å². The van der Waals surface area contributed by atoms with Gasteiger partial charge in [-0.05, 0) is 115 Å². The van der Waals surface area contributed by atoms with Crippen LogP contribution >= 0.6 is 0 Å². The Morgan fingerprint density at radius 1 is 0.973 bits per heavy atom. The number of nitro groups is 1. The fraction of sp³-hybridized carbons (Fsp3) is 0.418. The lowest BCUT2D eigenvalue weighted by molar-refractivity contribution is -0.384. The molecule has 2 aromatic heterocycles. The van der Waals surface area contributed by atoms with Gasteiger partial charge in [0.2, 0.25) is 0 Å². The molecule has 6 aromatic rings. The van der Waals surface area contributed by atoms with Gasteiger partial charge in [-0.15, -0.1) is 0 Å². The summed E-state index contributed by atoms with van der Waals surface area (Å²) in [4.78, 5) is 39.8. The highest BCUT2D eigenvalue weighted by molar-refractivity contribution is 7.90. The van der Waals surface area contributed by atoms with Gasteiger partial charge in [0.05, 0.1) is 34.4 Å². The van der Waals surface area contributed by atoms with Crippen molar-refractivity contribution in [2.24, 2.45) is 11.3 Å². The maximum absolute atomic E-state index is 16.6. The van der Waals surface area contributed by atoms with Gasteiger partial charge in [-0.25, -0.2) is 22.5 Å². The number of sulfonamides is 1. The lowest BCUT2D eigenvalue weighted by Crippen LogP contribution is -2.60. The number of nitrogens with zero attached hydrogens (tertiary/aromatic N) is 5. The molecule has 3 aliphatic heterocycles. The molecule has 18 heteroatoms. The van der Waals surface area contributed by atoms with Crippen molar-refractivity contribution >= 4 is 44.0 Å². The van der Waals surface area contributed by atoms with Crippen molar-refractivity contribution in [2.45, 2.75) is 81.8 Å². The molecule has 0 bridgehead atoms. The molecular weight excluding hydrogens is 952 g/mol. The lowest BCUT2D eigenvalue weighted by atomic mass is 9.59. The van der Waals surface area contributed by atoms with Crippen LogP contribution in [0.1, 0.15) is 91.4 Å². The van der Waals surface area contributed by atoms with E-state index in [1.165, 1.54) is 41.1 Å². The minimum absolute atomic E-state index is 0.0812. The maximum atomic E-state index is 16.6. The van der Waals surface area contributed by atoms with Gasteiger partial charge in [-0.3, -0.25) is 24.7 Å². The standard InChI is InChI=1S/C55H63FN8O8S/c1-36(2)44-6-4-5-7-45(44)51-35-61(34-38-8-10-41(70-3)11-9-38)22-23-63(51)40-30-55(31-40)17-20-62(21-18-55)49-29-52(72-42-26-39-14-19-57-53(39)59-33-42)46(28-47(49)56)54(65)60-73(68,69)43-12-13-48(50(27-43)64(66)67)58-32-37-15-24-71-25-16-37/h4-14,19,26-29,33,36-37,40,51,58H,15-18,20-25,30-32,34-35H2,1-3H3,(H,57,59)(H,60,65)/t51-/m0/s1. The molecule has 1 atom stereocenters. The summed E-state index contributed by atoms with van der Waals surface area (Å²) in [6.45, 7) is 11.1. The van der Waals surface area contributed by atoms with Crippen molar-refractivity contribution < 1.29 is 36.7 Å². The fourth-order valence-corrected chi connectivity index (χ4v) is 12.4. The molecule has 4 fully saturated rings. The fourth-order valence-electron chi connectivity index (χ4n) is 11.4. The second-order valence-corrected chi connectivity index (χ2v) is 22.1. The third-order valence-corrected chi connectivity index (χ3v) is 16.9. The summed E-state index contributed by atoms with van der Waals surface area (Å²) >= 11 is 0. The number of aromatic amines is 1. The van der Waals surface area contributed by atoms with Crippen LogP contribution in [0.4, 0.5) is 21.5 Å². The van der Waals surface area contributed by atoms with Crippen molar-refractivity contribution in [2.75, 3.05) is 69.8 Å². The first-order valence-electron chi connectivity index (χ1n) is 25.3. The normalized spacial score (nSPS) is 19.0. The SMILES string of the molecule is COc1ccc(CN2CCN(C3CC4(CCN(c5cc(Oc6cnc7[nH]ccc7c6)c(C(=O)NS(=O)(=O)c6ccc(NCC7CCOCC7)c([N+](=O)[O-])c6)cc5F)CC4)C3)[C@H](c3ccccc3C(C)C)C2)cc1. The van der Waals surface area contributed by atoms with Crippen molar-refractivity contribution in [3.05, 3.63) is 142 Å². The van der Waals surface area contributed by atoms with Crippen LogP contribution in [0.5, 0.6) is 17.2 Å². The number of piperidine rings is 1. The average Bonchev–Trinajstić information content (AvgIpc) is 3.86. The summed E-state index contributed by atoms with van der Waals surface area (Å²) in [5.74, 6) is -0.244. The summed E-state index contributed by atoms with van der Waals surface area (Å²) in [6.07, 6.45) is 8.60. The number of carbonyl (C=O) groups is 1. The number of nitro benzene ring substituents is 1. The predicted octanol–water partition coefficient (Wildman–Crippen LogP) is 9.80. The van der Waals surface area contributed by atoms with E-state index >= 15 is 4.39 Å². The van der Waals surface area contributed by atoms with Gasteiger partial charge in [-0.2, -0.15) is 0 Å². The zero-order valence-electron chi connectivity index (χ0n) is 41.5. The molecule has 1 saturated carbocycles. The number of carbonyl (C=O) groups excluding carboxylic acids is 1. The number of aromatic nitrogens is 2. The molecule has 10 rings (SSSR count). The topological polar surface area (TPSA) is 184 Å². The van der Waals surface area contributed by atoms with E-state index in [9.17, 15) is 23.3 Å². The number of piperazine rings is 1. The molecule has 3 saturated heterocycles. The van der Waals surface area contributed by atoms with Gasteiger partial charge in [0.1, 0.15) is 34.4 Å². The highest BCUT2D eigenvalue weighted by Gasteiger charge is 2.50. The summed E-state index contributed by atoms with van der Waals surface area (Å²) in [5, 5.41) is 16.0. The van der Waals surface area contributed by atoms with Crippen LogP contribution in [0, 0.1) is 27.3 Å². The Kier molecular flexibility index (Phi) is 14.4. The smallest absolute Gasteiger partial charge is 0.293 e. The van der Waals surface area contributed by atoms with E-state index in [4.69, 9.17) is 14.2 Å². The number of nitrogens with one attached hydrogen (secondary N) is 3. The number of pyridine rings is 1. The lowest BCUT2D eigenvalue weighted by Gasteiger charge is -2.58. The molecular formula is C55H63FN8O8S. The first-order chi connectivity index (χ1) is 35.2. The van der Waals surface area contributed by atoms with E-state index in [0.29, 0.717) is 50.5 Å². The Morgan fingerprint density at radius 2 is 1.74 bits per heavy atom. The zero-order valence-corrected chi connectivity index (χ0v) is 42.3. The molecule has 4 aliphatic rings. The molecule has 1 aliphatic carbocycles. The Labute approximate surface area is 425 Å². The van der Waals surface area contributed by atoms with Crippen LogP contribution in [0.3, 0.4) is 0 Å². The monoisotopic (exact) mass is 1010 g/mol. The average molecular weight is 1020 g/mol.